The maximum atomic E-state index is 9.52. The van der Waals surface area contributed by atoms with E-state index in [1.165, 1.54) is 22.9 Å². The van der Waals surface area contributed by atoms with Crippen LogP contribution in [0.2, 0.25) is 0 Å². The van der Waals surface area contributed by atoms with E-state index in [1.807, 2.05) is 0 Å². The first kappa shape index (κ1) is 13.7. The van der Waals surface area contributed by atoms with Gasteiger partial charge in [0.2, 0.25) is 0 Å². The molecule has 1 N–H and O–H groups in total. The Balaban J connectivity index is 1.57. The molecule has 3 heteroatoms. The molecule has 2 aromatic rings. The van der Waals surface area contributed by atoms with Crippen LogP contribution in [-0.2, 0) is 13.5 Å². The molecule has 3 rings (SSSR count). The van der Waals surface area contributed by atoms with Crippen LogP contribution in [0.1, 0.15) is 24.8 Å². The minimum absolute atomic E-state index is 0.0654. The summed E-state index contributed by atoms with van der Waals surface area (Å²) in [6, 6.07) is 8.63. The molecule has 0 bridgehead atoms. The highest BCUT2D eigenvalue weighted by Crippen LogP contribution is 2.21. The smallest absolute Gasteiger partial charge is 0.0564 e. The van der Waals surface area contributed by atoms with Gasteiger partial charge in [-0.3, -0.25) is 0 Å². The predicted octanol–water partition coefficient (Wildman–Crippen LogP) is 2.57. The maximum absolute atomic E-state index is 9.52. The average molecular weight is 272 g/mol. The molecule has 3 nitrogen and oxygen atoms in total. The maximum Gasteiger partial charge on any atom is 0.0564 e. The monoisotopic (exact) mass is 272 g/mol. The number of hydrogen-bond acceptors (Lipinski definition) is 2. The summed E-state index contributed by atoms with van der Waals surface area (Å²) in [5.74, 6) is 0. The molecule has 1 aromatic heterocycles. The summed E-state index contributed by atoms with van der Waals surface area (Å²) in [4.78, 5) is 2.48. The van der Waals surface area contributed by atoms with Crippen LogP contribution in [0.15, 0.2) is 30.5 Å². The van der Waals surface area contributed by atoms with E-state index in [0.29, 0.717) is 0 Å². The molecule has 1 fully saturated rings. The summed E-state index contributed by atoms with van der Waals surface area (Å²) in [6.07, 6.45) is 6.42. The number of aliphatic hydroxyl groups excluding tert-OH is 1. The molecule has 1 aliphatic rings. The fraction of sp³-hybridized carbons (Fsp3) is 0.529. The summed E-state index contributed by atoms with van der Waals surface area (Å²) < 4.78 is 2.22. The first-order valence-corrected chi connectivity index (χ1v) is 7.67. The second-order valence-electron chi connectivity index (χ2n) is 5.96. The van der Waals surface area contributed by atoms with Crippen molar-refractivity contribution in [1.82, 2.24) is 9.47 Å². The topological polar surface area (TPSA) is 28.4 Å². The van der Waals surface area contributed by atoms with E-state index in [-0.39, 0.29) is 6.10 Å². The van der Waals surface area contributed by atoms with Crippen molar-refractivity contribution in [2.75, 3.05) is 19.6 Å². The van der Waals surface area contributed by atoms with Gasteiger partial charge in [0.05, 0.1) is 6.10 Å². The Morgan fingerprint density at radius 1 is 1.20 bits per heavy atom. The lowest BCUT2D eigenvalue weighted by molar-refractivity contribution is 0.0821. The van der Waals surface area contributed by atoms with Crippen LogP contribution in [0.4, 0.5) is 0 Å². The molecule has 20 heavy (non-hydrogen) atoms. The number of aromatic nitrogens is 1. The van der Waals surface area contributed by atoms with Crippen LogP contribution >= 0.6 is 0 Å². The Morgan fingerprint density at radius 3 is 2.75 bits per heavy atom. The van der Waals surface area contributed by atoms with E-state index in [1.54, 1.807) is 0 Å². The number of aryl methyl sites for hydroxylation is 2. The van der Waals surface area contributed by atoms with Crippen LogP contribution in [0.3, 0.4) is 0 Å². The average Bonchev–Trinajstić information content (AvgIpc) is 2.79. The van der Waals surface area contributed by atoms with Gasteiger partial charge in [0.15, 0.2) is 0 Å². The Bertz CT molecular complexity index is 567. The van der Waals surface area contributed by atoms with Crippen LogP contribution in [-0.4, -0.2) is 40.3 Å². The molecular weight excluding hydrogens is 248 g/mol. The van der Waals surface area contributed by atoms with Crippen molar-refractivity contribution in [2.45, 2.75) is 31.8 Å². The van der Waals surface area contributed by atoms with E-state index in [0.717, 1.165) is 38.9 Å². The third-order valence-electron chi connectivity index (χ3n) is 4.46. The van der Waals surface area contributed by atoms with Gasteiger partial charge in [0.1, 0.15) is 0 Å². The van der Waals surface area contributed by atoms with Crippen LogP contribution in [0.25, 0.3) is 10.9 Å². The van der Waals surface area contributed by atoms with Gasteiger partial charge in [-0.2, -0.15) is 0 Å². The van der Waals surface area contributed by atoms with Crippen molar-refractivity contribution < 1.29 is 5.11 Å². The Labute approximate surface area is 120 Å². The third-order valence-corrected chi connectivity index (χ3v) is 4.46. The molecular formula is C17H24N2O. The largest absolute Gasteiger partial charge is 0.393 e. The lowest BCUT2D eigenvalue weighted by Crippen LogP contribution is -2.36. The first-order valence-electron chi connectivity index (χ1n) is 7.67. The Hall–Kier alpha value is -1.32. The minimum Gasteiger partial charge on any atom is -0.393 e. The first-order chi connectivity index (χ1) is 9.74. The standard InChI is InChI=1S/C17H24N2O/c1-18-13-14(16-6-2-3-7-17(16)18)5-4-10-19-11-8-15(20)9-12-19/h2-3,6-7,13,15,20H,4-5,8-12H2,1H3. The number of rotatable bonds is 4. The van der Waals surface area contributed by atoms with E-state index in [2.05, 4.69) is 47.0 Å². The number of aliphatic hydroxyl groups is 1. The normalized spacial score (nSPS) is 17.9. The lowest BCUT2D eigenvalue weighted by Gasteiger charge is -2.29. The summed E-state index contributed by atoms with van der Waals surface area (Å²) >= 11 is 0. The number of piperidine rings is 1. The highest BCUT2D eigenvalue weighted by atomic mass is 16.3. The molecule has 108 valence electrons. The fourth-order valence-electron chi connectivity index (χ4n) is 3.26. The van der Waals surface area contributed by atoms with Gasteiger partial charge < -0.3 is 14.6 Å². The second-order valence-corrected chi connectivity index (χ2v) is 5.96. The molecule has 0 aliphatic carbocycles. The lowest BCUT2D eigenvalue weighted by atomic mass is 10.1. The van der Waals surface area contributed by atoms with Crippen molar-refractivity contribution >= 4 is 10.9 Å². The van der Waals surface area contributed by atoms with Gasteiger partial charge in [0.25, 0.3) is 0 Å². The molecule has 1 saturated heterocycles. The molecule has 0 saturated carbocycles. The van der Waals surface area contributed by atoms with Gasteiger partial charge in [-0.05, 0) is 43.9 Å². The van der Waals surface area contributed by atoms with Crippen molar-refractivity contribution in [2.24, 2.45) is 7.05 Å². The summed E-state index contributed by atoms with van der Waals surface area (Å²) in [6.45, 7) is 3.25. The number of para-hydroxylation sites is 1. The van der Waals surface area contributed by atoms with Crippen LogP contribution < -0.4 is 0 Å². The fourth-order valence-corrected chi connectivity index (χ4v) is 3.26. The van der Waals surface area contributed by atoms with Crippen molar-refractivity contribution in [3.05, 3.63) is 36.0 Å². The number of nitrogens with zero attached hydrogens (tertiary/aromatic N) is 2. The van der Waals surface area contributed by atoms with E-state index >= 15 is 0 Å². The number of likely N-dealkylation sites (tertiary alicyclic amines) is 1. The van der Waals surface area contributed by atoms with Crippen LogP contribution in [0.5, 0.6) is 0 Å². The molecule has 0 unspecified atom stereocenters. The molecule has 1 aliphatic heterocycles. The molecule has 2 heterocycles. The molecule has 0 atom stereocenters. The van der Waals surface area contributed by atoms with Crippen molar-refractivity contribution in [3.8, 4) is 0 Å². The molecule has 0 spiro atoms. The summed E-state index contributed by atoms with van der Waals surface area (Å²) in [7, 11) is 2.12. The zero-order valence-electron chi connectivity index (χ0n) is 12.3. The van der Waals surface area contributed by atoms with Crippen molar-refractivity contribution in [1.29, 1.82) is 0 Å². The van der Waals surface area contributed by atoms with Crippen molar-refractivity contribution in [3.63, 3.8) is 0 Å². The minimum atomic E-state index is -0.0654. The third kappa shape index (κ3) is 2.89. The van der Waals surface area contributed by atoms with Gasteiger partial charge in [0, 0.05) is 37.2 Å². The number of benzene rings is 1. The van der Waals surface area contributed by atoms with Crippen LogP contribution in [0, 0.1) is 0 Å². The van der Waals surface area contributed by atoms with E-state index in [4.69, 9.17) is 0 Å². The SMILES string of the molecule is Cn1cc(CCCN2CCC(O)CC2)c2ccccc21. The zero-order valence-corrected chi connectivity index (χ0v) is 12.3. The highest BCUT2D eigenvalue weighted by molar-refractivity contribution is 5.83. The molecule has 0 radical (unpaired) electrons. The van der Waals surface area contributed by atoms with Gasteiger partial charge >= 0.3 is 0 Å². The molecule has 1 aromatic carbocycles. The predicted molar refractivity (Wildman–Crippen MR) is 82.9 cm³/mol. The quantitative estimate of drug-likeness (QED) is 0.926. The van der Waals surface area contributed by atoms with Gasteiger partial charge in [-0.1, -0.05) is 18.2 Å². The second kappa shape index (κ2) is 5.98. The van der Waals surface area contributed by atoms with Gasteiger partial charge in [-0.25, -0.2) is 0 Å². The number of fused-ring (bicyclic) bond motifs is 1. The Kier molecular flexibility index (Phi) is 4.08. The highest BCUT2D eigenvalue weighted by Gasteiger charge is 2.16. The number of hydrogen-bond donors (Lipinski definition) is 1. The summed E-state index contributed by atoms with van der Waals surface area (Å²) in [5.41, 5.74) is 2.78. The van der Waals surface area contributed by atoms with Gasteiger partial charge in [-0.15, -0.1) is 0 Å². The molecule has 0 amide bonds. The van der Waals surface area contributed by atoms with E-state index in [9.17, 15) is 5.11 Å². The summed E-state index contributed by atoms with van der Waals surface area (Å²) in [5, 5.41) is 10.9. The zero-order chi connectivity index (χ0) is 13.9. The van der Waals surface area contributed by atoms with E-state index < -0.39 is 0 Å². The Morgan fingerprint density at radius 2 is 1.95 bits per heavy atom.